The standard InChI is InChI=1S/C24H22N6O4S/c31-22(28-14-12-27(13-15-28)18-8-10-20(11-9-18)30(32)33)17-35-24-26-25-23(21-7-4-16-34-21)29(24)19-5-2-1-3-6-19/h1-11,16H,12-15,17H2. The zero-order valence-corrected chi connectivity index (χ0v) is 19.5. The van der Waals surface area contributed by atoms with Crippen molar-refractivity contribution in [1.29, 1.82) is 0 Å². The molecule has 1 amide bonds. The van der Waals surface area contributed by atoms with E-state index in [1.54, 1.807) is 24.5 Å². The van der Waals surface area contributed by atoms with Crippen molar-refractivity contribution in [2.75, 3.05) is 36.8 Å². The second-order valence-corrected chi connectivity index (χ2v) is 8.83. The average Bonchev–Trinajstić information content (AvgIpc) is 3.58. The Bertz CT molecular complexity index is 1300. The van der Waals surface area contributed by atoms with Crippen molar-refractivity contribution in [3.63, 3.8) is 0 Å². The highest BCUT2D eigenvalue weighted by atomic mass is 32.2. The Balaban J connectivity index is 1.23. The number of thioether (sulfide) groups is 1. The number of nitro groups is 1. The highest BCUT2D eigenvalue weighted by molar-refractivity contribution is 7.99. The van der Waals surface area contributed by atoms with E-state index in [1.165, 1.54) is 23.9 Å². The minimum Gasteiger partial charge on any atom is -0.461 e. The maximum absolute atomic E-state index is 13.0. The number of carbonyl (C=O) groups excluding carboxylic acids is 1. The molecule has 1 saturated heterocycles. The number of anilines is 1. The third kappa shape index (κ3) is 4.90. The molecule has 0 radical (unpaired) electrons. The topological polar surface area (TPSA) is 111 Å². The second-order valence-electron chi connectivity index (χ2n) is 7.88. The van der Waals surface area contributed by atoms with Crippen LogP contribution in [-0.2, 0) is 4.79 Å². The molecule has 35 heavy (non-hydrogen) atoms. The summed E-state index contributed by atoms with van der Waals surface area (Å²) in [5, 5.41) is 20.1. The maximum atomic E-state index is 13.0. The van der Waals surface area contributed by atoms with E-state index in [4.69, 9.17) is 4.42 Å². The Morgan fingerprint density at radius 1 is 0.943 bits per heavy atom. The van der Waals surface area contributed by atoms with Gasteiger partial charge in [0, 0.05) is 49.7 Å². The molecule has 0 spiro atoms. The molecular formula is C24H22N6O4S. The van der Waals surface area contributed by atoms with Crippen LogP contribution in [0.5, 0.6) is 0 Å². The Hall–Kier alpha value is -4.12. The number of non-ortho nitro benzene ring substituents is 1. The predicted molar refractivity (Wildman–Crippen MR) is 132 cm³/mol. The van der Waals surface area contributed by atoms with Gasteiger partial charge in [-0.15, -0.1) is 10.2 Å². The van der Waals surface area contributed by atoms with Gasteiger partial charge >= 0.3 is 0 Å². The number of rotatable bonds is 7. The fourth-order valence-electron chi connectivity index (χ4n) is 3.96. The van der Waals surface area contributed by atoms with E-state index >= 15 is 0 Å². The molecule has 4 aromatic rings. The van der Waals surface area contributed by atoms with Crippen LogP contribution in [-0.4, -0.2) is 62.4 Å². The molecule has 1 fully saturated rings. The van der Waals surface area contributed by atoms with Crippen LogP contribution in [0.15, 0.2) is 82.6 Å². The van der Waals surface area contributed by atoms with Crippen LogP contribution < -0.4 is 4.90 Å². The normalized spacial score (nSPS) is 13.7. The van der Waals surface area contributed by atoms with E-state index in [-0.39, 0.29) is 17.3 Å². The van der Waals surface area contributed by atoms with Gasteiger partial charge in [-0.25, -0.2) is 0 Å². The number of piperazine rings is 1. The summed E-state index contributed by atoms with van der Waals surface area (Å²) in [5.41, 5.74) is 1.87. The fourth-order valence-corrected chi connectivity index (χ4v) is 4.81. The second kappa shape index (κ2) is 10.0. The molecule has 0 atom stereocenters. The number of hydrogen-bond donors (Lipinski definition) is 0. The van der Waals surface area contributed by atoms with Gasteiger partial charge in [0.25, 0.3) is 5.69 Å². The lowest BCUT2D eigenvalue weighted by molar-refractivity contribution is -0.384. The number of aromatic nitrogens is 3. The molecule has 5 rings (SSSR count). The lowest BCUT2D eigenvalue weighted by Gasteiger charge is -2.36. The lowest BCUT2D eigenvalue weighted by atomic mass is 10.2. The van der Waals surface area contributed by atoms with Gasteiger partial charge in [0.1, 0.15) is 0 Å². The van der Waals surface area contributed by atoms with E-state index in [0.717, 1.165) is 11.4 Å². The van der Waals surface area contributed by atoms with Crippen molar-refractivity contribution < 1.29 is 14.1 Å². The zero-order valence-electron chi connectivity index (χ0n) is 18.7. The summed E-state index contributed by atoms with van der Waals surface area (Å²) in [6.45, 7) is 2.49. The Labute approximate surface area is 205 Å². The van der Waals surface area contributed by atoms with Gasteiger partial charge in [-0.05, 0) is 36.4 Å². The first-order valence-electron chi connectivity index (χ1n) is 11.0. The number of nitro benzene ring substituents is 1. The summed E-state index contributed by atoms with van der Waals surface area (Å²) in [6.07, 6.45) is 1.59. The highest BCUT2D eigenvalue weighted by Gasteiger charge is 2.24. The molecule has 1 aliphatic rings. The molecule has 3 heterocycles. The van der Waals surface area contributed by atoms with Gasteiger partial charge in [0.15, 0.2) is 10.9 Å². The van der Waals surface area contributed by atoms with Gasteiger partial charge in [-0.2, -0.15) is 0 Å². The van der Waals surface area contributed by atoms with Crippen LogP contribution in [0.1, 0.15) is 0 Å². The van der Waals surface area contributed by atoms with Crippen LogP contribution in [0, 0.1) is 10.1 Å². The van der Waals surface area contributed by atoms with E-state index < -0.39 is 4.92 Å². The summed E-state index contributed by atoms with van der Waals surface area (Å²) in [6, 6.07) is 19.9. The first-order chi connectivity index (χ1) is 17.1. The molecule has 178 valence electrons. The number of para-hydroxylation sites is 1. The summed E-state index contributed by atoms with van der Waals surface area (Å²) in [4.78, 5) is 27.4. The van der Waals surface area contributed by atoms with E-state index in [0.29, 0.717) is 42.9 Å². The third-order valence-electron chi connectivity index (χ3n) is 5.77. The molecule has 2 aromatic heterocycles. The van der Waals surface area contributed by atoms with Gasteiger partial charge < -0.3 is 14.2 Å². The molecule has 2 aromatic carbocycles. The van der Waals surface area contributed by atoms with E-state index in [9.17, 15) is 14.9 Å². The van der Waals surface area contributed by atoms with Crippen molar-refractivity contribution in [3.8, 4) is 17.3 Å². The fraction of sp³-hybridized carbons (Fsp3) is 0.208. The Morgan fingerprint density at radius 3 is 2.34 bits per heavy atom. The smallest absolute Gasteiger partial charge is 0.269 e. The summed E-state index contributed by atoms with van der Waals surface area (Å²) < 4.78 is 7.43. The number of amides is 1. The van der Waals surface area contributed by atoms with E-state index in [2.05, 4.69) is 15.1 Å². The van der Waals surface area contributed by atoms with E-state index in [1.807, 2.05) is 45.9 Å². The minimum absolute atomic E-state index is 0.0282. The van der Waals surface area contributed by atoms with Crippen molar-refractivity contribution >= 4 is 29.0 Å². The van der Waals surface area contributed by atoms with Crippen molar-refractivity contribution in [2.45, 2.75) is 5.16 Å². The first-order valence-corrected chi connectivity index (χ1v) is 12.0. The average molecular weight is 491 g/mol. The molecule has 0 aliphatic carbocycles. The Morgan fingerprint density at radius 2 is 1.69 bits per heavy atom. The van der Waals surface area contributed by atoms with Crippen LogP contribution in [0.4, 0.5) is 11.4 Å². The minimum atomic E-state index is -0.408. The van der Waals surface area contributed by atoms with Gasteiger partial charge in [-0.1, -0.05) is 30.0 Å². The summed E-state index contributed by atoms with van der Waals surface area (Å²) >= 11 is 1.34. The molecule has 1 aliphatic heterocycles. The molecular weight excluding hydrogens is 468 g/mol. The number of carbonyl (C=O) groups is 1. The zero-order chi connectivity index (χ0) is 24.2. The molecule has 10 nitrogen and oxygen atoms in total. The molecule has 0 unspecified atom stereocenters. The quantitative estimate of drug-likeness (QED) is 0.218. The first kappa shape index (κ1) is 22.7. The van der Waals surface area contributed by atoms with Crippen LogP contribution in [0.3, 0.4) is 0 Å². The van der Waals surface area contributed by atoms with Crippen molar-refractivity contribution in [1.82, 2.24) is 19.7 Å². The van der Waals surface area contributed by atoms with Gasteiger partial charge in [-0.3, -0.25) is 19.5 Å². The largest absolute Gasteiger partial charge is 0.461 e. The number of furan rings is 1. The van der Waals surface area contributed by atoms with Gasteiger partial charge in [0.05, 0.1) is 16.9 Å². The third-order valence-corrected chi connectivity index (χ3v) is 6.69. The lowest BCUT2D eigenvalue weighted by Crippen LogP contribution is -2.49. The predicted octanol–water partition coefficient (Wildman–Crippen LogP) is 3.88. The number of nitrogens with zero attached hydrogens (tertiary/aromatic N) is 6. The van der Waals surface area contributed by atoms with Gasteiger partial charge in [0.2, 0.25) is 11.7 Å². The Kier molecular flexibility index (Phi) is 6.49. The molecule has 11 heteroatoms. The van der Waals surface area contributed by atoms with Crippen LogP contribution >= 0.6 is 11.8 Å². The molecule has 0 saturated carbocycles. The molecule has 0 N–H and O–H groups in total. The number of hydrogen-bond acceptors (Lipinski definition) is 8. The van der Waals surface area contributed by atoms with Crippen LogP contribution in [0.2, 0.25) is 0 Å². The monoisotopic (exact) mass is 490 g/mol. The number of benzene rings is 2. The van der Waals surface area contributed by atoms with Crippen LogP contribution in [0.25, 0.3) is 17.3 Å². The maximum Gasteiger partial charge on any atom is 0.269 e. The van der Waals surface area contributed by atoms with Crippen molar-refractivity contribution in [3.05, 3.63) is 83.1 Å². The highest BCUT2D eigenvalue weighted by Crippen LogP contribution is 2.28. The SMILES string of the molecule is O=C(CSc1nnc(-c2ccco2)n1-c1ccccc1)N1CCN(c2ccc([N+](=O)[O-])cc2)CC1. The van der Waals surface area contributed by atoms with Crippen molar-refractivity contribution in [2.24, 2.45) is 0 Å². The summed E-state index contributed by atoms with van der Waals surface area (Å²) in [5.74, 6) is 1.44. The summed E-state index contributed by atoms with van der Waals surface area (Å²) in [7, 11) is 0. The molecule has 0 bridgehead atoms.